The van der Waals surface area contributed by atoms with Crippen molar-refractivity contribution in [2.24, 2.45) is 0 Å². The number of aromatic amines is 2. The molecule has 0 aliphatic heterocycles. The SMILES string of the molecule is CCOC(=O)/C(Cl)=C/c1cc(-c2ccncc2)cn1[P+](C)=O.CCOC(=O)C(Cl)=P(c1ccccc1)(c1ccccc1)c1ccccc1.C[P+](=O)n1cc(-c2ccncc2)cc1C=O.N#CNC(=O)/C(Cl)=C/c1cc(-c2ccncc2)c[nH]1.O=C(O)/C(Cl)=C/c1cc(-c2ccncc2)c[nH]1. The number of nitrogens with zero attached hydrogens (tertiary/aromatic N) is 7. The second-order valence-electron chi connectivity index (χ2n) is 20.4. The van der Waals surface area contributed by atoms with Crippen molar-refractivity contribution in [2.75, 3.05) is 26.5 Å². The first-order valence-corrected chi connectivity index (χ1v) is 36.6. The van der Waals surface area contributed by atoms with Crippen LogP contribution in [-0.4, -0.2) is 105 Å². The van der Waals surface area contributed by atoms with Crippen molar-refractivity contribution >= 4 is 138 Å². The van der Waals surface area contributed by atoms with E-state index >= 15 is 0 Å². The fourth-order valence-electron chi connectivity index (χ4n) is 9.41. The minimum absolute atomic E-state index is 0.0562. The number of halogens is 4. The number of aliphatic carboxylic acids is 1. The fraction of sp³-hybridized carbons (Fsp3) is 0.0822. The first kappa shape index (κ1) is 76.7. The van der Waals surface area contributed by atoms with Gasteiger partial charge < -0.3 is 24.5 Å². The summed E-state index contributed by atoms with van der Waals surface area (Å²) >= 11 is 24.1. The Hall–Kier alpha value is -10.7. The van der Waals surface area contributed by atoms with E-state index in [1.165, 1.54) is 28.8 Å². The van der Waals surface area contributed by atoms with E-state index in [2.05, 4.69) is 29.9 Å². The molecule has 0 fully saturated rings. The number of hydrogen-bond acceptors (Lipinski definition) is 14. The van der Waals surface area contributed by atoms with Crippen molar-refractivity contribution in [3.05, 3.63) is 276 Å². The van der Waals surface area contributed by atoms with Crippen LogP contribution >= 0.6 is 69.2 Å². The van der Waals surface area contributed by atoms with Crippen LogP contribution in [0.1, 0.15) is 41.4 Å². The Morgan fingerprint density at radius 2 is 0.880 bits per heavy atom. The Labute approximate surface area is 598 Å². The van der Waals surface area contributed by atoms with Gasteiger partial charge in [-0.2, -0.15) is 5.26 Å². The number of hydrogen-bond donors (Lipinski definition) is 4. The summed E-state index contributed by atoms with van der Waals surface area (Å²) in [5.74, 6) is -2.84. The van der Waals surface area contributed by atoms with Gasteiger partial charge in [-0.15, -0.1) is 8.68 Å². The Balaban J connectivity index is 0.000000177. The summed E-state index contributed by atoms with van der Waals surface area (Å²) in [6.45, 7) is 4.65. The zero-order valence-corrected chi connectivity index (χ0v) is 59.6. The molecule has 2 atom stereocenters. The van der Waals surface area contributed by atoms with Gasteiger partial charge in [0.2, 0.25) is 0 Å². The summed E-state index contributed by atoms with van der Waals surface area (Å²) in [5.41, 5.74) is 9.86. The van der Waals surface area contributed by atoms with Crippen LogP contribution in [0.3, 0.4) is 0 Å². The highest BCUT2D eigenvalue weighted by Gasteiger charge is 2.33. The van der Waals surface area contributed by atoms with Gasteiger partial charge in [0.25, 0.3) is 5.91 Å². The highest BCUT2D eigenvalue weighted by molar-refractivity contribution is 7.98. The minimum atomic E-state index is -2.52. The maximum absolute atomic E-state index is 12.7. The lowest BCUT2D eigenvalue weighted by Crippen LogP contribution is -2.32. The van der Waals surface area contributed by atoms with E-state index in [0.29, 0.717) is 29.1 Å². The molecule has 8 heterocycles. The van der Waals surface area contributed by atoms with Crippen LogP contribution in [0.4, 0.5) is 0 Å². The molecule has 8 aromatic heterocycles. The summed E-state index contributed by atoms with van der Waals surface area (Å²) in [7, 11) is -3.22. The second kappa shape index (κ2) is 39.0. The number of pyridine rings is 4. The molecule has 0 bridgehead atoms. The third-order valence-electron chi connectivity index (χ3n) is 13.9. The number of carbonyl (C=O) groups is 5. The maximum atomic E-state index is 12.7. The van der Waals surface area contributed by atoms with E-state index in [-0.39, 0.29) is 33.1 Å². The molecule has 11 aromatic rings. The second-order valence-corrected chi connectivity index (χ2v) is 28.4. The number of nitriles is 1. The zero-order valence-electron chi connectivity index (χ0n) is 53.8. The predicted octanol–water partition coefficient (Wildman–Crippen LogP) is 15.4. The van der Waals surface area contributed by atoms with Gasteiger partial charge in [-0.1, -0.05) is 137 Å². The molecule has 27 heteroatoms. The molecule has 100 heavy (non-hydrogen) atoms. The Kier molecular flexibility index (Phi) is 29.9. The third kappa shape index (κ3) is 21.4. The summed E-state index contributed by atoms with van der Waals surface area (Å²) in [5, 5.41) is 21.6. The van der Waals surface area contributed by atoms with Crippen LogP contribution in [0.25, 0.3) is 62.7 Å². The Bertz CT molecular complexity index is 4700. The lowest BCUT2D eigenvalue weighted by Gasteiger charge is -2.29. The van der Waals surface area contributed by atoms with Crippen molar-refractivity contribution in [2.45, 2.75) is 13.8 Å². The molecule has 0 radical (unpaired) electrons. The van der Waals surface area contributed by atoms with Crippen LogP contribution in [0.15, 0.2) is 253 Å². The molecule has 4 N–H and O–H groups in total. The molecule has 3 aromatic carbocycles. The number of aromatic nitrogens is 8. The van der Waals surface area contributed by atoms with E-state index < -0.39 is 46.6 Å². The lowest BCUT2D eigenvalue weighted by molar-refractivity contribution is -0.137. The van der Waals surface area contributed by atoms with Crippen molar-refractivity contribution < 1.29 is 47.7 Å². The number of amides is 1. The number of benzene rings is 3. The average Bonchev–Trinajstić information content (AvgIpc) is 1.30. The summed E-state index contributed by atoms with van der Waals surface area (Å²) < 4.78 is 36.7. The molecule has 0 spiro atoms. The van der Waals surface area contributed by atoms with Crippen molar-refractivity contribution in [3.8, 4) is 50.7 Å². The standard InChI is InChI=1S/C22H20ClO2P.C15H15ClN2O3P.C13H9ClN4O.C12H9ClN2O2.C11H10N2O2P/c1-2-25-22(24)21(23)26(18-12-6-3-7-13-18,19-14-8-4-9-15-19)20-16-10-5-11-17-20;1-3-21-15(19)14(16)9-13-8-12(10-18(13)22(2)20)11-4-6-17-7-5-11;14-12(13(19)18-8-15)6-11-5-10(7-17-11)9-1-3-16-4-2-9;13-11(12(16)17)6-10-5-9(7-15-10)8-1-3-14-4-2-8;1-16(15)13-7-10(6-11(13)8-14)9-2-4-12-5-3-9/h3-17H,2H2,1H3;4-10H,3H2,1-2H3;1-7,17H,(H,18,19);1-7,15H,(H,16,17);2-8H,1H3/q;+1;;;+1/b;14-9-;12-6-;11-6-;. The van der Waals surface area contributed by atoms with Gasteiger partial charge in [0.1, 0.15) is 25.5 Å². The molecule has 506 valence electrons. The summed E-state index contributed by atoms with van der Waals surface area (Å²) in [6, 6.07) is 52.1. The highest BCUT2D eigenvalue weighted by Crippen LogP contribution is 2.47. The largest absolute Gasteiger partial charge is 0.477 e. The van der Waals surface area contributed by atoms with Gasteiger partial charge in [0.15, 0.2) is 25.8 Å². The van der Waals surface area contributed by atoms with Gasteiger partial charge in [0.05, 0.1) is 31.3 Å². The number of esters is 2. The predicted molar refractivity (Wildman–Crippen MR) is 399 cm³/mol. The summed E-state index contributed by atoms with van der Waals surface area (Å²) in [6.07, 6.45) is 27.1. The van der Waals surface area contributed by atoms with E-state index in [9.17, 15) is 33.1 Å². The number of nitrogens with one attached hydrogen (secondary N) is 3. The molecule has 20 nitrogen and oxygen atoms in total. The van der Waals surface area contributed by atoms with E-state index in [0.717, 1.165) is 60.4 Å². The summed E-state index contributed by atoms with van der Waals surface area (Å²) in [4.78, 5) is 78.7. The first-order chi connectivity index (χ1) is 48.3. The van der Waals surface area contributed by atoms with Crippen LogP contribution < -0.4 is 21.2 Å². The van der Waals surface area contributed by atoms with E-state index in [4.69, 9.17) is 66.2 Å². The average molecular weight is 1480 g/mol. The topological polar surface area (TPSA) is 287 Å². The van der Waals surface area contributed by atoms with Gasteiger partial charge >= 0.3 is 33.8 Å². The number of carboxylic acids is 1. The monoisotopic (exact) mass is 1470 g/mol. The maximum Gasteiger partial charge on any atom is 0.463 e. The molecule has 0 saturated carbocycles. The number of rotatable bonds is 19. The number of H-pyrrole nitrogens is 2. The highest BCUT2D eigenvalue weighted by atomic mass is 35.5. The minimum Gasteiger partial charge on any atom is -0.477 e. The van der Waals surface area contributed by atoms with Gasteiger partial charge in [0, 0.05) is 91.4 Å². The smallest absolute Gasteiger partial charge is 0.463 e. The fourth-order valence-corrected chi connectivity index (χ4v) is 16.0. The Morgan fingerprint density at radius 1 is 0.520 bits per heavy atom. The molecule has 0 aliphatic rings. The quantitative estimate of drug-likeness (QED) is 0.0146. The van der Waals surface area contributed by atoms with Crippen molar-refractivity contribution in [1.82, 2.24) is 43.9 Å². The van der Waals surface area contributed by atoms with Gasteiger partial charge in [-0.25, -0.2) is 14.4 Å². The molecule has 0 aliphatic carbocycles. The molecular weight excluding hydrogens is 1410 g/mol. The number of carbonyl (C=O) groups excluding carboxylic acids is 4. The van der Waals surface area contributed by atoms with Crippen molar-refractivity contribution in [3.63, 3.8) is 0 Å². The van der Waals surface area contributed by atoms with Gasteiger partial charge in [-0.3, -0.25) is 34.8 Å². The normalized spacial score (nSPS) is 11.3. The lowest BCUT2D eigenvalue weighted by atomic mass is 10.1. The molecule has 11 rings (SSSR count). The number of ether oxygens (including phenoxy) is 2. The van der Waals surface area contributed by atoms with E-state index in [1.54, 1.807) is 112 Å². The molecule has 0 saturated heterocycles. The molecule has 2 unspecified atom stereocenters. The van der Waals surface area contributed by atoms with Crippen LogP contribution in [-0.2, 0) is 37.8 Å². The number of aldehydes is 1. The van der Waals surface area contributed by atoms with Crippen LogP contribution in [0.2, 0.25) is 0 Å². The Morgan fingerprint density at radius 3 is 1.23 bits per heavy atom. The molecular formula is C73H63Cl4N10O10P3+2. The van der Waals surface area contributed by atoms with E-state index in [1.807, 2.05) is 163 Å². The van der Waals surface area contributed by atoms with Crippen LogP contribution in [0, 0.1) is 11.5 Å². The first-order valence-electron chi connectivity index (χ1n) is 30.0. The zero-order chi connectivity index (χ0) is 72.0. The third-order valence-corrected chi connectivity index (χ3v) is 21.5. The van der Waals surface area contributed by atoms with Crippen LogP contribution in [0.5, 0.6) is 0 Å². The number of carboxylic acid groups (broad SMARTS) is 1. The molecule has 1 amide bonds. The van der Waals surface area contributed by atoms with Crippen molar-refractivity contribution in [1.29, 1.82) is 5.26 Å². The van der Waals surface area contributed by atoms with Gasteiger partial charge in [-0.05, 0) is 163 Å².